The minimum Gasteiger partial charge on any atom is -0.361 e. The Morgan fingerprint density at radius 2 is 1.88 bits per heavy atom. The highest BCUT2D eigenvalue weighted by Gasteiger charge is 2.27. The van der Waals surface area contributed by atoms with Crippen molar-refractivity contribution in [2.24, 2.45) is 0 Å². The molecule has 1 amide bonds. The lowest BCUT2D eigenvalue weighted by Gasteiger charge is -2.38. The molecule has 0 unspecified atom stereocenters. The van der Waals surface area contributed by atoms with Crippen molar-refractivity contribution in [3.8, 4) is 0 Å². The minimum atomic E-state index is 0.155. The lowest BCUT2D eigenvalue weighted by Crippen LogP contribution is -2.51. The second kappa shape index (κ2) is 8.26. The zero-order valence-electron chi connectivity index (χ0n) is 15.7. The number of likely N-dealkylation sites (tertiary alicyclic amines) is 1. The van der Waals surface area contributed by atoms with Gasteiger partial charge in [-0.1, -0.05) is 43.9 Å². The molecule has 4 rings (SSSR count). The van der Waals surface area contributed by atoms with E-state index in [1.54, 1.807) is 0 Å². The van der Waals surface area contributed by atoms with Crippen molar-refractivity contribution in [1.82, 2.24) is 15.2 Å². The van der Waals surface area contributed by atoms with Gasteiger partial charge < -0.3 is 10.3 Å². The molecule has 1 saturated carbocycles. The smallest absolute Gasteiger partial charge is 0.224 e. The third-order valence-electron chi connectivity index (χ3n) is 6.18. The second-order valence-corrected chi connectivity index (χ2v) is 8.08. The van der Waals surface area contributed by atoms with Crippen molar-refractivity contribution < 1.29 is 4.79 Å². The van der Waals surface area contributed by atoms with Crippen molar-refractivity contribution in [2.45, 2.75) is 69.9 Å². The predicted octanol–water partition coefficient (Wildman–Crippen LogP) is 4.01. The van der Waals surface area contributed by atoms with Gasteiger partial charge in [-0.05, 0) is 43.9 Å². The number of fused-ring (bicyclic) bond motifs is 1. The average molecular weight is 354 g/mol. The van der Waals surface area contributed by atoms with Crippen LogP contribution in [0.3, 0.4) is 0 Å². The van der Waals surface area contributed by atoms with E-state index in [2.05, 4.69) is 27.3 Å². The van der Waals surface area contributed by atoms with Gasteiger partial charge in [0.2, 0.25) is 5.91 Å². The summed E-state index contributed by atoms with van der Waals surface area (Å²) >= 11 is 0. The number of nitrogens with one attached hydrogen (secondary N) is 2. The first-order valence-corrected chi connectivity index (χ1v) is 10.4. The monoisotopic (exact) mass is 353 g/mol. The van der Waals surface area contributed by atoms with Crippen LogP contribution in [-0.4, -0.2) is 41.0 Å². The summed E-state index contributed by atoms with van der Waals surface area (Å²) in [6, 6.07) is 9.25. The molecule has 1 saturated heterocycles. The van der Waals surface area contributed by atoms with Crippen LogP contribution in [-0.2, 0) is 11.2 Å². The van der Waals surface area contributed by atoms with Gasteiger partial charge in [-0.15, -0.1) is 0 Å². The number of rotatable bonds is 4. The number of amides is 1. The number of hydrogen-bond donors (Lipinski definition) is 2. The summed E-state index contributed by atoms with van der Waals surface area (Å²) in [5, 5.41) is 4.47. The summed E-state index contributed by atoms with van der Waals surface area (Å²) in [6.45, 7) is 2.24. The Hall–Kier alpha value is -1.81. The molecule has 4 nitrogen and oxygen atoms in total. The molecule has 2 aromatic rings. The van der Waals surface area contributed by atoms with E-state index in [9.17, 15) is 4.79 Å². The molecule has 1 atom stereocenters. The molecular weight excluding hydrogens is 322 g/mol. The Balaban J connectivity index is 1.33. The van der Waals surface area contributed by atoms with Gasteiger partial charge in [-0.2, -0.15) is 0 Å². The maximum Gasteiger partial charge on any atom is 0.224 e. The number of carbonyl (C=O) groups excluding carboxylic acids is 1. The lowest BCUT2D eigenvalue weighted by atomic mass is 9.99. The number of aromatic amines is 1. The van der Waals surface area contributed by atoms with E-state index in [1.165, 1.54) is 51.5 Å². The van der Waals surface area contributed by atoms with Crippen LogP contribution in [0, 0.1) is 0 Å². The summed E-state index contributed by atoms with van der Waals surface area (Å²) in [7, 11) is 0. The molecule has 0 radical (unpaired) electrons. The molecule has 4 heteroatoms. The summed E-state index contributed by atoms with van der Waals surface area (Å²) in [4.78, 5) is 18.5. The normalized spacial score (nSPS) is 23.0. The van der Waals surface area contributed by atoms with Gasteiger partial charge in [0.25, 0.3) is 0 Å². The van der Waals surface area contributed by atoms with Gasteiger partial charge in [-0.3, -0.25) is 9.69 Å². The highest BCUT2D eigenvalue weighted by atomic mass is 16.1. The molecule has 2 aliphatic rings. The quantitative estimate of drug-likeness (QED) is 0.816. The van der Waals surface area contributed by atoms with Crippen LogP contribution >= 0.6 is 0 Å². The van der Waals surface area contributed by atoms with Crippen LogP contribution in [0.15, 0.2) is 30.5 Å². The lowest BCUT2D eigenvalue weighted by molar-refractivity contribution is -0.121. The van der Waals surface area contributed by atoms with Crippen LogP contribution in [0.25, 0.3) is 10.9 Å². The van der Waals surface area contributed by atoms with Crippen molar-refractivity contribution in [2.75, 3.05) is 13.1 Å². The number of hydrogen-bond acceptors (Lipinski definition) is 2. The fourth-order valence-electron chi connectivity index (χ4n) is 4.81. The van der Waals surface area contributed by atoms with Crippen molar-refractivity contribution in [3.05, 3.63) is 36.0 Å². The van der Waals surface area contributed by atoms with Crippen LogP contribution < -0.4 is 5.32 Å². The topological polar surface area (TPSA) is 48.1 Å². The number of carbonyl (C=O) groups is 1. The van der Waals surface area contributed by atoms with E-state index >= 15 is 0 Å². The van der Waals surface area contributed by atoms with Gasteiger partial charge in [0.1, 0.15) is 0 Å². The fraction of sp³-hybridized carbons (Fsp3) is 0.591. The summed E-state index contributed by atoms with van der Waals surface area (Å²) in [6.07, 6.45) is 13.0. The third-order valence-corrected chi connectivity index (χ3v) is 6.18. The van der Waals surface area contributed by atoms with E-state index in [0.29, 0.717) is 12.5 Å². The Morgan fingerprint density at radius 3 is 2.73 bits per heavy atom. The first kappa shape index (κ1) is 17.6. The Morgan fingerprint density at radius 1 is 1.08 bits per heavy atom. The fourth-order valence-corrected chi connectivity index (χ4v) is 4.81. The maximum atomic E-state index is 12.6. The van der Waals surface area contributed by atoms with Crippen LogP contribution in [0.1, 0.15) is 56.9 Å². The van der Waals surface area contributed by atoms with Gasteiger partial charge in [0.05, 0.1) is 6.42 Å². The molecular formula is C22H31N3O. The molecule has 1 aliphatic carbocycles. The number of nitrogens with zero attached hydrogens (tertiary/aromatic N) is 1. The zero-order chi connectivity index (χ0) is 17.8. The zero-order valence-corrected chi connectivity index (χ0v) is 15.7. The standard InChI is InChI=1S/C22H31N3O/c26-22(14-17-15-23-21-12-6-5-11-20(17)21)24-18-8-7-13-25(16-18)19-9-3-1-2-4-10-19/h5-6,11-12,15,18-19,23H,1-4,7-10,13-14,16H2,(H,24,26)/t18-/m1/s1. The maximum absolute atomic E-state index is 12.6. The number of benzene rings is 1. The average Bonchev–Trinajstić information content (AvgIpc) is 2.88. The highest BCUT2D eigenvalue weighted by molar-refractivity contribution is 5.88. The third kappa shape index (κ3) is 4.12. The Kier molecular flexibility index (Phi) is 5.59. The van der Waals surface area contributed by atoms with Crippen molar-refractivity contribution in [3.63, 3.8) is 0 Å². The Labute approximate surface area is 156 Å². The minimum absolute atomic E-state index is 0.155. The molecule has 0 spiro atoms. The van der Waals surface area contributed by atoms with Gasteiger partial charge in [-0.25, -0.2) is 0 Å². The van der Waals surface area contributed by atoms with Crippen LogP contribution in [0.2, 0.25) is 0 Å². The van der Waals surface area contributed by atoms with Crippen LogP contribution in [0.5, 0.6) is 0 Å². The largest absolute Gasteiger partial charge is 0.361 e. The molecule has 1 aromatic heterocycles. The van der Waals surface area contributed by atoms with E-state index in [1.807, 2.05) is 18.3 Å². The van der Waals surface area contributed by atoms with E-state index in [0.717, 1.165) is 35.5 Å². The first-order chi connectivity index (χ1) is 12.8. The van der Waals surface area contributed by atoms with Gasteiger partial charge >= 0.3 is 0 Å². The van der Waals surface area contributed by atoms with Gasteiger partial charge in [0, 0.05) is 35.7 Å². The summed E-state index contributed by atoms with van der Waals surface area (Å²) < 4.78 is 0. The van der Waals surface area contributed by atoms with Gasteiger partial charge in [0.15, 0.2) is 0 Å². The Bertz CT molecular complexity index is 730. The molecule has 1 aliphatic heterocycles. The van der Waals surface area contributed by atoms with E-state index in [-0.39, 0.29) is 5.91 Å². The SMILES string of the molecule is O=C(Cc1c[nH]c2ccccc12)N[C@@H]1CCCN(C2CCCCCC2)C1. The summed E-state index contributed by atoms with van der Waals surface area (Å²) in [5.74, 6) is 0.155. The molecule has 2 heterocycles. The predicted molar refractivity (Wildman–Crippen MR) is 106 cm³/mol. The van der Waals surface area contributed by atoms with E-state index < -0.39 is 0 Å². The molecule has 0 bridgehead atoms. The second-order valence-electron chi connectivity index (χ2n) is 8.08. The number of H-pyrrole nitrogens is 1. The molecule has 2 fully saturated rings. The van der Waals surface area contributed by atoms with Crippen LogP contribution in [0.4, 0.5) is 0 Å². The number of piperidine rings is 1. The summed E-state index contributed by atoms with van der Waals surface area (Å²) in [5.41, 5.74) is 2.20. The molecule has 1 aromatic carbocycles. The van der Waals surface area contributed by atoms with Crippen molar-refractivity contribution >= 4 is 16.8 Å². The molecule has 2 N–H and O–H groups in total. The number of aromatic nitrogens is 1. The first-order valence-electron chi connectivity index (χ1n) is 10.4. The van der Waals surface area contributed by atoms with E-state index in [4.69, 9.17) is 0 Å². The van der Waals surface area contributed by atoms with Crippen molar-refractivity contribution in [1.29, 1.82) is 0 Å². The molecule has 26 heavy (non-hydrogen) atoms. The molecule has 140 valence electrons. The number of para-hydroxylation sites is 1. The highest BCUT2D eigenvalue weighted by Crippen LogP contribution is 2.25.